The summed E-state index contributed by atoms with van der Waals surface area (Å²) in [5, 5.41) is 2.97. The first kappa shape index (κ1) is 8.25. The van der Waals surface area contributed by atoms with Gasteiger partial charge in [0, 0.05) is 11.6 Å². The standard InChI is InChI=1S/C12H10ClN/c13-12-10-4-2-1-3-9(10)11(7-14-12)8-5-6-8/h1-4,7-8H,5-6H2. The molecular formula is C12H10ClN. The number of nitrogens with zero attached hydrogens (tertiary/aromatic N) is 1. The molecule has 0 atom stereocenters. The Balaban J connectivity index is 2.35. The van der Waals surface area contributed by atoms with E-state index in [2.05, 4.69) is 17.1 Å². The third-order valence-corrected chi connectivity index (χ3v) is 3.10. The van der Waals surface area contributed by atoms with E-state index in [1.807, 2.05) is 18.3 Å². The molecule has 1 aliphatic carbocycles. The summed E-state index contributed by atoms with van der Waals surface area (Å²) in [6.07, 6.45) is 4.53. The molecule has 0 N–H and O–H groups in total. The maximum Gasteiger partial charge on any atom is 0.136 e. The summed E-state index contributed by atoms with van der Waals surface area (Å²) in [5.74, 6) is 0.727. The normalized spacial score (nSPS) is 16.1. The molecule has 2 heteroatoms. The van der Waals surface area contributed by atoms with Crippen LogP contribution in [0, 0.1) is 0 Å². The summed E-state index contributed by atoms with van der Waals surface area (Å²) in [6, 6.07) is 8.24. The number of hydrogen-bond donors (Lipinski definition) is 0. The number of aromatic nitrogens is 1. The third kappa shape index (κ3) is 1.20. The van der Waals surface area contributed by atoms with E-state index < -0.39 is 0 Å². The zero-order chi connectivity index (χ0) is 9.54. The largest absolute Gasteiger partial charge is 0.244 e. The highest BCUT2D eigenvalue weighted by Crippen LogP contribution is 2.43. The fourth-order valence-corrected chi connectivity index (χ4v) is 2.11. The number of halogens is 1. The van der Waals surface area contributed by atoms with Crippen molar-refractivity contribution >= 4 is 22.4 Å². The van der Waals surface area contributed by atoms with E-state index in [9.17, 15) is 0 Å². The molecule has 1 nitrogen and oxygen atoms in total. The molecule has 1 fully saturated rings. The van der Waals surface area contributed by atoms with E-state index in [1.165, 1.54) is 23.8 Å². The molecule has 0 spiro atoms. The first-order chi connectivity index (χ1) is 6.86. The second kappa shape index (κ2) is 2.96. The molecule has 1 aromatic carbocycles. The van der Waals surface area contributed by atoms with Crippen LogP contribution in [0.3, 0.4) is 0 Å². The van der Waals surface area contributed by atoms with Gasteiger partial charge in [0.25, 0.3) is 0 Å². The van der Waals surface area contributed by atoms with Gasteiger partial charge in [0.15, 0.2) is 0 Å². The lowest BCUT2D eigenvalue weighted by Gasteiger charge is -2.05. The van der Waals surface area contributed by atoms with E-state index >= 15 is 0 Å². The summed E-state index contributed by atoms with van der Waals surface area (Å²) < 4.78 is 0. The lowest BCUT2D eigenvalue weighted by molar-refractivity contribution is 1.12. The fourth-order valence-electron chi connectivity index (χ4n) is 1.90. The number of hydrogen-bond acceptors (Lipinski definition) is 1. The van der Waals surface area contributed by atoms with Gasteiger partial charge in [-0.25, -0.2) is 4.98 Å². The quantitative estimate of drug-likeness (QED) is 0.643. The van der Waals surface area contributed by atoms with E-state index in [0.29, 0.717) is 5.15 Å². The third-order valence-electron chi connectivity index (χ3n) is 2.79. The molecular weight excluding hydrogens is 194 g/mol. The first-order valence-corrected chi connectivity index (χ1v) is 5.27. The number of rotatable bonds is 1. The van der Waals surface area contributed by atoms with E-state index in [-0.39, 0.29) is 0 Å². The van der Waals surface area contributed by atoms with Crippen LogP contribution in [0.1, 0.15) is 24.3 Å². The van der Waals surface area contributed by atoms with Crippen LogP contribution in [0.2, 0.25) is 5.15 Å². The number of benzene rings is 1. The smallest absolute Gasteiger partial charge is 0.136 e. The highest BCUT2D eigenvalue weighted by molar-refractivity contribution is 6.34. The van der Waals surface area contributed by atoms with E-state index in [4.69, 9.17) is 11.6 Å². The molecule has 70 valence electrons. The minimum Gasteiger partial charge on any atom is -0.244 e. The number of fused-ring (bicyclic) bond motifs is 1. The second-order valence-corrected chi connectivity index (χ2v) is 4.18. The molecule has 0 unspecified atom stereocenters. The predicted octanol–water partition coefficient (Wildman–Crippen LogP) is 3.77. The van der Waals surface area contributed by atoms with Gasteiger partial charge in [-0.3, -0.25) is 0 Å². The highest BCUT2D eigenvalue weighted by atomic mass is 35.5. The van der Waals surface area contributed by atoms with Crippen molar-refractivity contribution in [2.24, 2.45) is 0 Å². The Hall–Kier alpha value is -1.08. The van der Waals surface area contributed by atoms with Gasteiger partial charge in [-0.15, -0.1) is 0 Å². The Labute approximate surface area is 87.7 Å². The van der Waals surface area contributed by atoms with Gasteiger partial charge in [0.1, 0.15) is 5.15 Å². The molecule has 2 aromatic rings. The van der Waals surface area contributed by atoms with E-state index in [1.54, 1.807) is 0 Å². The minimum absolute atomic E-state index is 0.616. The molecule has 0 bridgehead atoms. The van der Waals surface area contributed by atoms with Crippen molar-refractivity contribution in [1.29, 1.82) is 0 Å². The Morgan fingerprint density at radius 3 is 2.57 bits per heavy atom. The highest BCUT2D eigenvalue weighted by Gasteiger charge is 2.25. The van der Waals surface area contributed by atoms with Crippen molar-refractivity contribution in [3.63, 3.8) is 0 Å². The van der Waals surface area contributed by atoms with Crippen molar-refractivity contribution in [2.45, 2.75) is 18.8 Å². The zero-order valence-corrected chi connectivity index (χ0v) is 8.46. The molecule has 3 rings (SSSR count). The van der Waals surface area contributed by atoms with Crippen molar-refractivity contribution in [3.05, 3.63) is 41.2 Å². The van der Waals surface area contributed by atoms with Gasteiger partial charge in [-0.1, -0.05) is 35.9 Å². The molecule has 14 heavy (non-hydrogen) atoms. The number of pyridine rings is 1. The SMILES string of the molecule is Clc1ncc(C2CC2)c2ccccc12. The molecule has 0 radical (unpaired) electrons. The molecule has 0 saturated heterocycles. The second-order valence-electron chi connectivity index (χ2n) is 3.82. The maximum atomic E-state index is 6.04. The van der Waals surface area contributed by atoms with Gasteiger partial charge >= 0.3 is 0 Å². The predicted molar refractivity (Wildman–Crippen MR) is 58.7 cm³/mol. The molecule has 1 saturated carbocycles. The first-order valence-electron chi connectivity index (χ1n) is 4.89. The van der Waals surface area contributed by atoms with Crippen LogP contribution in [-0.4, -0.2) is 4.98 Å². The monoisotopic (exact) mass is 203 g/mol. The average Bonchev–Trinajstić information content (AvgIpc) is 3.03. The van der Waals surface area contributed by atoms with Crippen LogP contribution in [0.15, 0.2) is 30.5 Å². The van der Waals surface area contributed by atoms with Crippen LogP contribution >= 0.6 is 11.6 Å². The summed E-state index contributed by atoms with van der Waals surface area (Å²) in [4.78, 5) is 4.23. The topological polar surface area (TPSA) is 12.9 Å². The average molecular weight is 204 g/mol. The minimum atomic E-state index is 0.616. The lowest BCUT2D eigenvalue weighted by atomic mass is 10.0. The van der Waals surface area contributed by atoms with Gasteiger partial charge in [-0.2, -0.15) is 0 Å². The molecule has 1 aromatic heterocycles. The Kier molecular flexibility index (Phi) is 1.74. The van der Waals surface area contributed by atoms with Crippen molar-refractivity contribution in [3.8, 4) is 0 Å². The van der Waals surface area contributed by atoms with Crippen LogP contribution in [0.5, 0.6) is 0 Å². The van der Waals surface area contributed by atoms with Gasteiger partial charge in [0.05, 0.1) is 0 Å². The molecule has 1 aliphatic rings. The Morgan fingerprint density at radius 1 is 1.14 bits per heavy atom. The van der Waals surface area contributed by atoms with Gasteiger partial charge in [0.2, 0.25) is 0 Å². The molecule has 0 amide bonds. The van der Waals surface area contributed by atoms with Crippen molar-refractivity contribution in [1.82, 2.24) is 4.98 Å². The summed E-state index contributed by atoms with van der Waals surface area (Å²) in [7, 11) is 0. The summed E-state index contributed by atoms with van der Waals surface area (Å²) >= 11 is 6.04. The summed E-state index contributed by atoms with van der Waals surface area (Å²) in [6.45, 7) is 0. The van der Waals surface area contributed by atoms with Crippen LogP contribution < -0.4 is 0 Å². The van der Waals surface area contributed by atoms with Crippen LogP contribution in [0.25, 0.3) is 10.8 Å². The van der Waals surface area contributed by atoms with Crippen LogP contribution in [0.4, 0.5) is 0 Å². The fraction of sp³-hybridized carbons (Fsp3) is 0.250. The lowest BCUT2D eigenvalue weighted by Crippen LogP contribution is -1.87. The summed E-state index contributed by atoms with van der Waals surface area (Å²) in [5.41, 5.74) is 1.37. The molecule has 1 heterocycles. The van der Waals surface area contributed by atoms with Gasteiger partial charge in [-0.05, 0) is 29.7 Å². The van der Waals surface area contributed by atoms with Gasteiger partial charge < -0.3 is 0 Å². The Bertz CT molecular complexity index is 489. The molecule has 0 aliphatic heterocycles. The van der Waals surface area contributed by atoms with Crippen molar-refractivity contribution in [2.75, 3.05) is 0 Å². The van der Waals surface area contributed by atoms with E-state index in [0.717, 1.165) is 11.3 Å². The van der Waals surface area contributed by atoms with Crippen molar-refractivity contribution < 1.29 is 0 Å². The maximum absolute atomic E-state index is 6.04. The Morgan fingerprint density at radius 2 is 1.86 bits per heavy atom. The zero-order valence-electron chi connectivity index (χ0n) is 7.70. The van der Waals surface area contributed by atoms with Crippen LogP contribution in [-0.2, 0) is 0 Å².